The van der Waals surface area contributed by atoms with Gasteiger partial charge in [-0.1, -0.05) is 91.0 Å². The molecule has 6 aromatic rings. The van der Waals surface area contributed by atoms with Gasteiger partial charge in [0, 0.05) is 54.0 Å². The number of hydrogen-bond donors (Lipinski definition) is 2. The number of benzene rings is 5. The van der Waals surface area contributed by atoms with E-state index in [0.717, 1.165) is 39.3 Å². The molecule has 10 rings (SSSR count). The molecule has 0 aliphatic carbocycles. The number of hydrogen-bond acceptors (Lipinski definition) is 8. The van der Waals surface area contributed by atoms with Crippen LogP contribution >= 0.6 is 0 Å². The van der Waals surface area contributed by atoms with Crippen LogP contribution in [0.3, 0.4) is 0 Å². The van der Waals surface area contributed by atoms with Gasteiger partial charge in [-0.15, -0.1) is 5.10 Å². The van der Waals surface area contributed by atoms with E-state index in [9.17, 15) is 19.5 Å². The van der Waals surface area contributed by atoms with Crippen molar-refractivity contribution >= 4 is 54.5 Å². The van der Waals surface area contributed by atoms with Crippen molar-refractivity contribution in [3.05, 3.63) is 161 Å². The number of para-hydroxylation sites is 2. The van der Waals surface area contributed by atoms with E-state index in [2.05, 4.69) is 16.4 Å². The van der Waals surface area contributed by atoms with Gasteiger partial charge in [-0.25, -0.2) is 0 Å². The SMILES string of the molecule is C[C@@H]1[C@@H]([Si](C)(C)O)[C@H](CCn2cc(C(CO)c3ccccc3)nn2)O[C@@]12C(=O)N(Cc1cccc(N3C(=O)CCc4ccccc43)c1)c1ccc(N3C(=O)CCc4ccccc43)cc12. The zero-order valence-corrected chi connectivity index (χ0v) is 37.3. The quantitative estimate of drug-likeness (QED) is 0.125. The van der Waals surface area contributed by atoms with Crippen molar-refractivity contribution < 1.29 is 29.0 Å². The normalized spacial score (nSPS) is 22.2. The number of amides is 3. The maximum atomic E-state index is 15.6. The summed E-state index contributed by atoms with van der Waals surface area (Å²) in [6.45, 7) is 6.33. The Morgan fingerprint density at radius 1 is 0.766 bits per heavy atom. The van der Waals surface area contributed by atoms with Gasteiger partial charge in [0.05, 0.1) is 47.9 Å². The molecular weight excluding hydrogens is 821 g/mol. The van der Waals surface area contributed by atoms with Gasteiger partial charge in [0.25, 0.3) is 5.91 Å². The van der Waals surface area contributed by atoms with Gasteiger partial charge >= 0.3 is 0 Å². The number of carbonyl (C=O) groups is 3. The highest BCUT2D eigenvalue weighted by atomic mass is 28.4. The molecule has 64 heavy (non-hydrogen) atoms. The molecule has 0 radical (unpaired) electrons. The maximum absolute atomic E-state index is 15.6. The second kappa shape index (κ2) is 16.4. The second-order valence-corrected chi connectivity index (χ2v) is 22.2. The summed E-state index contributed by atoms with van der Waals surface area (Å²) in [4.78, 5) is 60.3. The van der Waals surface area contributed by atoms with E-state index < -0.39 is 25.9 Å². The number of aliphatic hydroxyl groups excluding tert-OH is 1. The monoisotopic (exact) mass is 872 g/mol. The van der Waals surface area contributed by atoms with Crippen LogP contribution in [-0.2, 0) is 50.7 Å². The first-order valence-corrected chi connectivity index (χ1v) is 25.3. The number of aliphatic hydroxyl groups is 1. The van der Waals surface area contributed by atoms with Crippen molar-refractivity contribution in [2.75, 3.05) is 21.3 Å². The number of nitrogens with zero attached hydrogens (tertiary/aromatic N) is 6. The van der Waals surface area contributed by atoms with Gasteiger partial charge in [-0.05, 0) is 97.1 Å². The Morgan fingerprint density at radius 3 is 2.06 bits per heavy atom. The zero-order chi connectivity index (χ0) is 44.3. The summed E-state index contributed by atoms with van der Waals surface area (Å²) in [5.74, 6) is -1.02. The molecule has 1 fully saturated rings. The molecule has 0 bridgehead atoms. The molecule has 4 aliphatic rings. The van der Waals surface area contributed by atoms with E-state index in [1.165, 1.54) is 0 Å². The van der Waals surface area contributed by atoms with Crippen LogP contribution in [-0.4, -0.2) is 63.6 Å². The molecule has 1 unspecified atom stereocenters. The molecule has 4 aliphatic heterocycles. The standard InChI is InChI=1S/C51H52N6O6Si/c1-33-49(64(2,3)62)46(26-27-54-31-42(52-53-54)40(32-58)35-13-5-4-6-14-35)63-51(33)41-29-39(57-44-19-10-8-16-37(44)21-25-48(57)60)22-23-45(41)55(50(51)61)30-34-12-11-17-38(28-34)56-43-18-9-7-15-36(43)20-24-47(56)59/h4-19,22-23,28-29,31,33,40,46,49,58,62H,20-21,24-27,30,32H2,1-3H3/t33-,40?,46+,49-,51+/m1/s1. The fraction of sp³-hybridized carbons (Fsp3) is 0.314. The van der Waals surface area contributed by atoms with E-state index in [1.807, 2.05) is 141 Å². The van der Waals surface area contributed by atoms with Crippen LogP contribution in [0.25, 0.3) is 0 Å². The lowest BCUT2D eigenvalue weighted by molar-refractivity contribution is -0.146. The number of aryl methyl sites for hydroxylation is 3. The lowest BCUT2D eigenvalue weighted by atomic mass is 9.82. The second-order valence-electron chi connectivity index (χ2n) is 18.2. The molecule has 326 valence electrons. The van der Waals surface area contributed by atoms with Crippen LogP contribution in [0.4, 0.5) is 28.4 Å². The predicted molar refractivity (Wildman–Crippen MR) is 247 cm³/mol. The number of anilines is 5. The Kier molecular flexibility index (Phi) is 10.7. The van der Waals surface area contributed by atoms with Crippen LogP contribution in [0.15, 0.2) is 128 Å². The van der Waals surface area contributed by atoms with E-state index in [1.54, 1.807) is 19.4 Å². The molecule has 13 heteroatoms. The molecule has 1 spiro atoms. The summed E-state index contributed by atoms with van der Waals surface area (Å²) >= 11 is 0. The lowest BCUT2D eigenvalue weighted by Gasteiger charge is -2.33. The zero-order valence-electron chi connectivity index (χ0n) is 36.3. The number of ether oxygens (including phenoxy) is 1. The summed E-state index contributed by atoms with van der Waals surface area (Å²) in [6, 6.07) is 39.2. The summed E-state index contributed by atoms with van der Waals surface area (Å²) in [7, 11) is -3.03. The third-order valence-electron chi connectivity index (χ3n) is 13.9. The minimum Gasteiger partial charge on any atom is -0.432 e. The first-order chi connectivity index (χ1) is 31.0. The topological polar surface area (TPSA) is 141 Å². The van der Waals surface area contributed by atoms with Crippen LogP contribution < -0.4 is 14.7 Å². The molecule has 5 heterocycles. The summed E-state index contributed by atoms with van der Waals surface area (Å²) in [5.41, 5.74) is 7.20. The van der Waals surface area contributed by atoms with Crippen molar-refractivity contribution in [3.63, 3.8) is 0 Å². The molecule has 12 nitrogen and oxygen atoms in total. The van der Waals surface area contributed by atoms with E-state index in [4.69, 9.17) is 4.74 Å². The van der Waals surface area contributed by atoms with Gasteiger partial charge in [0.1, 0.15) is 0 Å². The predicted octanol–water partition coefficient (Wildman–Crippen LogP) is 8.06. The van der Waals surface area contributed by atoms with Crippen LogP contribution in [0, 0.1) is 5.92 Å². The van der Waals surface area contributed by atoms with Crippen molar-refractivity contribution in [1.29, 1.82) is 0 Å². The van der Waals surface area contributed by atoms with E-state index in [-0.39, 0.29) is 42.3 Å². The number of fused-ring (bicyclic) bond motifs is 4. The minimum atomic E-state index is -3.03. The summed E-state index contributed by atoms with van der Waals surface area (Å²) < 4.78 is 9.02. The van der Waals surface area contributed by atoms with Gasteiger partial charge < -0.3 is 19.5 Å². The summed E-state index contributed by atoms with van der Waals surface area (Å²) in [5, 5.41) is 19.2. The Labute approximate surface area is 373 Å². The fourth-order valence-electron chi connectivity index (χ4n) is 10.9. The highest BCUT2D eigenvalue weighted by Crippen LogP contribution is 2.60. The Balaban J connectivity index is 1.02. The van der Waals surface area contributed by atoms with Gasteiger partial charge in [0.2, 0.25) is 11.8 Å². The Morgan fingerprint density at radius 2 is 1.41 bits per heavy atom. The number of carbonyl (C=O) groups excluding carboxylic acids is 3. The number of rotatable bonds is 11. The third kappa shape index (κ3) is 7.07. The van der Waals surface area contributed by atoms with Crippen LogP contribution in [0.5, 0.6) is 0 Å². The largest absolute Gasteiger partial charge is 0.432 e. The van der Waals surface area contributed by atoms with Crippen molar-refractivity contribution in [2.45, 2.75) is 88.4 Å². The smallest absolute Gasteiger partial charge is 0.264 e. The van der Waals surface area contributed by atoms with Gasteiger partial charge in [-0.3, -0.25) is 28.9 Å². The van der Waals surface area contributed by atoms with E-state index >= 15 is 4.79 Å². The minimum absolute atomic E-state index is 0.0198. The lowest BCUT2D eigenvalue weighted by Crippen LogP contribution is -2.46. The molecule has 0 saturated carbocycles. The van der Waals surface area contributed by atoms with Crippen LogP contribution in [0.2, 0.25) is 18.6 Å². The van der Waals surface area contributed by atoms with Crippen molar-refractivity contribution in [2.24, 2.45) is 5.92 Å². The highest BCUT2D eigenvalue weighted by Gasteiger charge is 2.66. The molecule has 5 aromatic carbocycles. The molecular formula is C51H52N6O6Si. The summed E-state index contributed by atoms with van der Waals surface area (Å²) in [6.07, 6.45) is 3.88. The van der Waals surface area contributed by atoms with Crippen molar-refractivity contribution in [1.82, 2.24) is 15.0 Å². The fourth-order valence-corrected chi connectivity index (χ4v) is 13.5. The van der Waals surface area contributed by atoms with Crippen LogP contribution in [0.1, 0.15) is 65.6 Å². The maximum Gasteiger partial charge on any atom is 0.264 e. The number of aromatic nitrogens is 3. The Bertz CT molecular complexity index is 2770. The molecule has 5 atom stereocenters. The Hall–Kier alpha value is -6.25. The molecule has 3 amide bonds. The molecule has 1 saturated heterocycles. The molecule has 2 N–H and O–H groups in total. The van der Waals surface area contributed by atoms with Gasteiger partial charge in [0.15, 0.2) is 13.9 Å². The first-order valence-electron chi connectivity index (χ1n) is 22.3. The van der Waals surface area contributed by atoms with Gasteiger partial charge in [-0.2, -0.15) is 0 Å². The average Bonchev–Trinajstić information content (AvgIpc) is 3.96. The average molecular weight is 873 g/mol. The highest BCUT2D eigenvalue weighted by molar-refractivity contribution is 6.71. The third-order valence-corrected chi connectivity index (χ3v) is 16.4. The van der Waals surface area contributed by atoms with E-state index in [0.29, 0.717) is 61.3 Å². The van der Waals surface area contributed by atoms with Crippen molar-refractivity contribution in [3.8, 4) is 0 Å². The first kappa shape index (κ1) is 41.7. The molecule has 1 aromatic heterocycles.